The van der Waals surface area contributed by atoms with E-state index in [1.165, 1.54) is 7.11 Å². The fourth-order valence-corrected chi connectivity index (χ4v) is 2.85. The SMILES string of the molecule is COC(=O)c1cc2c(ccn2C)n1Cn1nnc2ccccc21. The number of ether oxygens (including phenoxy) is 1. The van der Waals surface area contributed by atoms with Crippen molar-refractivity contribution >= 4 is 28.0 Å². The van der Waals surface area contributed by atoms with Gasteiger partial charge in [0.25, 0.3) is 0 Å². The minimum atomic E-state index is -0.370. The molecule has 4 aromatic rings. The molecule has 0 radical (unpaired) electrons. The number of carbonyl (C=O) groups excluding carboxylic acids is 1. The number of esters is 1. The summed E-state index contributed by atoms with van der Waals surface area (Å²) in [5.74, 6) is -0.370. The van der Waals surface area contributed by atoms with Crippen molar-refractivity contribution in [1.82, 2.24) is 24.1 Å². The lowest BCUT2D eigenvalue weighted by Crippen LogP contribution is -2.16. The van der Waals surface area contributed by atoms with Gasteiger partial charge in [-0.1, -0.05) is 17.3 Å². The Labute approximate surface area is 131 Å². The molecular weight excluding hydrogens is 294 g/mol. The lowest BCUT2D eigenvalue weighted by atomic mass is 10.3. The van der Waals surface area contributed by atoms with Crippen LogP contribution >= 0.6 is 0 Å². The van der Waals surface area contributed by atoms with Crippen LogP contribution in [0.2, 0.25) is 0 Å². The van der Waals surface area contributed by atoms with Gasteiger partial charge < -0.3 is 13.9 Å². The molecule has 0 amide bonds. The molecule has 0 aliphatic rings. The predicted molar refractivity (Wildman–Crippen MR) is 85.2 cm³/mol. The fourth-order valence-electron chi connectivity index (χ4n) is 2.85. The average molecular weight is 309 g/mol. The summed E-state index contributed by atoms with van der Waals surface area (Å²) in [5, 5.41) is 8.35. The van der Waals surface area contributed by atoms with Crippen molar-refractivity contribution in [3.05, 3.63) is 48.3 Å². The Bertz CT molecular complexity index is 1020. The maximum absolute atomic E-state index is 12.1. The van der Waals surface area contributed by atoms with E-state index in [9.17, 15) is 4.79 Å². The number of carbonyl (C=O) groups is 1. The van der Waals surface area contributed by atoms with E-state index in [0.717, 1.165) is 22.1 Å². The fraction of sp³-hybridized carbons (Fsp3) is 0.188. The average Bonchev–Trinajstić information content (AvgIpc) is 3.24. The zero-order valence-electron chi connectivity index (χ0n) is 12.8. The van der Waals surface area contributed by atoms with E-state index in [1.807, 2.05) is 58.8 Å². The van der Waals surface area contributed by atoms with Crippen LogP contribution in [0.15, 0.2) is 42.6 Å². The lowest BCUT2D eigenvalue weighted by Gasteiger charge is -2.09. The van der Waals surface area contributed by atoms with Crippen molar-refractivity contribution < 1.29 is 9.53 Å². The largest absolute Gasteiger partial charge is 0.464 e. The third-order valence-corrected chi connectivity index (χ3v) is 4.04. The third kappa shape index (κ3) is 2.01. The Kier molecular flexibility index (Phi) is 2.94. The van der Waals surface area contributed by atoms with E-state index in [4.69, 9.17) is 4.74 Å². The van der Waals surface area contributed by atoms with Crippen LogP contribution < -0.4 is 0 Å². The summed E-state index contributed by atoms with van der Waals surface area (Å²) in [6.07, 6.45) is 1.96. The molecule has 0 bridgehead atoms. The number of rotatable bonds is 3. The number of para-hydroxylation sites is 1. The second-order valence-electron chi connectivity index (χ2n) is 5.37. The van der Waals surface area contributed by atoms with Crippen LogP contribution in [0.25, 0.3) is 22.1 Å². The van der Waals surface area contributed by atoms with E-state index in [0.29, 0.717) is 12.4 Å². The number of hydrogen-bond donors (Lipinski definition) is 0. The van der Waals surface area contributed by atoms with Crippen LogP contribution in [-0.4, -0.2) is 37.2 Å². The summed E-state index contributed by atoms with van der Waals surface area (Å²) >= 11 is 0. The number of methoxy groups -OCH3 is 1. The highest BCUT2D eigenvalue weighted by Crippen LogP contribution is 2.22. The molecule has 0 aliphatic heterocycles. The first-order valence-electron chi connectivity index (χ1n) is 7.20. The van der Waals surface area contributed by atoms with Gasteiger partial charge in [-0.05, 0) is 24.3 Å². The molecule has 0 spiro atoms. The molecule has 3 heterocycles. The maximum atomic E-state index is 12.1. The summed E-state index contributed by atoms with van der Waals surface area (Å²) in [6, 6.07) is 11.5. The standard InChI is InChI=1S/C16H15N5O2/c1-19-8-7-13-14(19)9-15(16(22)23-2)20(13)10-21-12-6-4-3-5-11(12)17-18-21/h3-9H,10H2,1-2H3. The van der Waals surface area contributed by atoms with Gasteiger partial charge in [-0.3, -0.25) is 0 Å². The molecule has 23 heavy (non-hydrogen) atoms. The van der Waals surface area contributed by atoms with Crippen LogP contribution in [0.3, 0.4) is 0 Å². The number of fused-ring (bicyclic) bond motifs is 2. The number of benzene rings is 1. The summed E-state index contributed by atoms with van der Waals surface area (Å²) in [5.41, 5.74) is 4.15. The normalized spacial score (nSPS) is 11.4. The van der Waals surface area contributed by atoms with E-state index < -0.39 is 0 Å². The summed E-state index contributed by atoms with van der Waals surface area (Å²) < 4.78 is 10.5. The molecule has 7 nitrogen and oxygen atoms in total. The smallest absolute Gasteiger partial charge is 0.354 e. The first-order valence-corrected chi connectivity index (χ1v) is 7.20. The Morgan fingerprint density at radius 3 is 2.83 bits per heavy atom. The molecule has 1 aromatic carbocycles. The Hall–Kier alpha value is -3.09. The zero-order chi connectivity index (χ0) is 16.0. The lowest BCUT2D eigenvalue weighted by molar-refractivity contribution is 0.0588. The second kappa shape index (κ2) is 4.98. The Morgan fingerprint density at radius 1 is 1.17 bits per heavy atom. The number of nitrogens with zero attached hydrogens (tertiary/aromatic N) is 5. The second-order valence-corrected chi connectivity index (χ2v) is 5.37. The maximum Gasteiger partial charge on any atom is 0.354 e. The highest BCUT2D eigenvalue weighted by atomic mass is 16.5. The van der Waals surface area contributed by atoms with Gasteiger partial charge >= 0.3 is 5.97 Å². The molecule has 0 unspecified atom stereocenters. The van der Waals surface area contributed by atoms with Crippen molar-refractivity contribution in [2.45, 2.75) is 6.67 Å². The van der Waals surface area contributed by atoms with Crippen LogP contribution in [0.1, 0.15) is 10.5 Å². The molecule has 0 aliphatic carbocycles. The molecule has 7 heteroatoms. The first-order chi connectivity index (χ1) is 11.2. The quantitative estimate of drug-likeness (QED) is 0.543. The number of hydrogen-bond acceptors (Lipinski definition) is 4. The molecule has 0 saturated heterocycles. The van der Waals surface area contributed by atoms with Gasteiger partial charge in [0, 0.05) is 13.2 Å². The highest BCUT2D eigenvalue weighted by molar-refractivity contribution is 5.94. The monoisotopic (exact) mass is 309 g/mol. The zero-order valence-corrected chi connectivity index (χ0v) is 12.8. The number of aromatic nitrogens is 5. The molecule has 3 aromatic heterocycles. The van der Waals surface area contributed by atoms with E-state index in [1.54, 1.807) is 4.68 Å². The molecular formula is C16H15N5O2. The van der Waals surface area contributed by atoms with Crippen LogP contribution in [0.4, 0.5) is 0 Å². The molecule has 0 fully saturated rings. The summed E-state index contributed by atoms with van der Waals surface area (Å²) in [6.45, 7) is 0.387. The van der Waals surface area contributed by atoms with E-state index >= 15 is 0 Å². The van der Waals surface area contributed by atoms with Crippen molar-refractivity contribution in [3.8, 4) is 0 Å². The van der Waals surface area contributed by atoms with Gasteiger partial charge in [-0.2, -0.15) is 0 Å². The van der Waals surface area contributed by atoms with Gasteiger partial charge in [0.15, 0.2) is 0 Å². The van der Waals surface area contributed by atoms with Crippen molar-refractivity contribution in [3.63, 3.8) is 0 Å². The minimum Gasteiger partial charge on any atom is -0.464 e. The van der Waals surface area contributed by atoms with Gasteiger partial charge in [-0.15, -0.1) is 5.10 Å². The highest BCUT2D eigenvalue weighted by Gasteiger charge is 2.19. The number of aryl methyl sites for hydroxylation is 1. The van der Waals surface area contributed by atoms with Gasteiger partial charge in [0.1, 0.15) is 17.9 Å². The third-order valence-electron chi connectivity index (χ3n) is 4.04. The Balaban J connectivity index is 1.88. The molecule has 4 rings (SSSR count). The minimum absolute atomic E-state index is 0.370. The van der Waals surface area contributed by atoms with Crippen molar-refractivity contribution in [1.29, 1.82) is 0 Å². The molecule has 0 N–H and O–H groups in total. The van der Waals surface area contributed by atoms with Gasteiger partial charge in [-0.25, -0.2) is 9.48 Å². The topological polar surface area (TPSA) is 66.9 Å². The van der Waals surface area contributed by atoms with Crippen LogP contribution in [0, 0.1) is 0 Å². The van der Waals surface area contributed by atoms with Crippen LogP contribution in [-0.2, 0) is 18.5 Å². The van der Waals surface area contributed by atoms with Gasteiger partial charge in [0.05, 0.1) is 23.7 Å². The first kappa shape index (κ1) is 13.6. The molecule has 0 atom stereocenters. The Morgan fingerprint density at radius 2 is 2.00 bits per heavy atom. The van der Waals surface area contributed by atoms with Crippen LogP contribution in [0.5, 0.6) is 0 Å². The summed E-state index contributed by atoms with van der Waals surface area (Å²) in [4.78, 5) is 12.1. The van der Waals surface area contributed by atoms with Crippen molar-refractivity contribution in [2.24, 2.45) is 7.05 Å². The van der Waals surface area contributed by atoms with Crippen molar-refractivity contribution in [2.75, 3.05) is 7.11 Å². The molecule has 0 saturated carbocycles. The molecule has 116 valence electrons. The van der Waals surface area contributed by atoms with Gasteiger partial charge in [0.2, 0.25) is 0 Å². The predicted octanol–water partition coefficient (Wildman–Crippen LogP) is 2.02. The summed E-state index contributed by atoms with van der Waals surface area (Å²) in [7, 11) is 3.33. The van der Waals surface area contributed by atoms with E-state index in [-0.39, 0.29) is 5.97 Å². The van der Waals surface area contributed by atoms with E-state index in [2.05, 4.69) is 10.3 Å².